The van der Waals surface area contributed by atoms with Crippen LogP contribution in [0, 0.1) is 0 Å². The molecule has 2 aromatic rings. The van der Waals surface area contributed by atoms with Gasteiger partial charge in [-0.05, 0) is 16.8 Å². The molecule has 0 amide bonds. The first-order chi connectivity index (χ1) is 6.92. The molecule has 0 heterocycles. The second-order valence-electron chi connectivity index (χ2n) is 2.75. The second-order valence-corrected chi connectivity index (χ2v) is 3.55. The molecule has 0 unspecified atom stereocenters. The fourth-order valence-corrected chi connectivity index (χ4v) is 1.89. The highest BCUT2D eigenvalue weighted by molar-refractivity contribution is 7.95. The first-order valence-electron chi connectivity index (χ1n) is 4.16. The minimum absolute atomic E-state index is 0.437. The van der Waals surface area contributed by atoms with Gasteiger partial charge >= 0.3 is 6.47 Å². The Bertz CT molecular complexity index is 448. The zero-order chi connectivity index (χ0) is 9.80. The smallest absolute Gasteiger partial charge is 0.305 e. The van der Waals surface area contributed by atoms with Crippen LogP contribution in [-0.2, 0) is 8.98 Å². The lowest BCUT2D eigenvalue weighted by Crippen LogP contribution is -1.79. The van der Waals surface area contributed by atoms with Gasteiger partial charge in [-0.1, -0.05) is 36.4 Å². The summed E-state index contributed by atoms with van der Waals surface area (Å²) in [6.45, 7) is 0.437. The molecule has 0 radical (unpaired) electrons. The molecule has 14 heavy (non-hydrogen) atoms. The Morgan fingerprint density at radius 3 is 2.71 bits per heavy atom. The first-order valence-corrected chi connectivity index (χ1v) is 4.91. The molecule has 0 saturated carbocycles. The lowest BCUT2D eigenvalue weighted by Gasteiger charge is -2.02. The maximum absolute atomic E-state index is 10.1. The number of fused-ring (bicyclic) bond motifs is 1. The molecule has 0 saturated heterocycles. The zero-order valence-corrected chi connectivity index (χ0v) is 8.16. The standard InChI is InChI=1S/C11H8O2S/c12-8-13-14-11-7-3-5-9-4-1-2-6-10(9)11/h1-8H. The number of hydrogen-bond donors (Lipinski definition) is 0. The predicted molar refractivity (Wildman–Crippen MR) is 57.0 cm³/mol. The van der Waals surface area contributed by atoms with Gasteiger partial charge in [0.05, 0.1) is 16.9 Å². The van der Waals surface area contributed by atoms with Gasteiger partial charge in [0.1, 0.15) is 0 Å². The van der Waals surface area contributed by atoms with E-state index in [1.54, 1.807) is 0 Å². The van der Waals surface area contributed by atoms with E-state index in [4.69, 9.17) is 0 Å². The molecular formula is C11H8O2S. The summed E-state index contributed by atoms with van der Waals surface area (Å²) in [7, 11) is 0. The summed E-state index contributed by atoms with van der Waals surface area (Å²) >= 11 is 1.08. The third-order valence-corrected chi connectivity index (χ3v) is 2.64. The molecule has 0 aromatic heterocycles. The summed E-state index contributed by atoms with van der Waals surface area (Å²) < 4.78 is 4.66. The second kappa shape index (κ2) is 4.15. The predicted octanol–water partition coefficient (Wildman–Crippen LogP) is 3.02. The maximum atomic E-state index is 10.1. The fourth-order valence-electron chi connectivity index (χ4n) is 1.34. The van der Waals surface area contributed by atoms with Gasteiger partial charge < -0.3 is 4.18 Å². The van der Waals surface area contributed by atoms with Gasteiger partial charge in [-0.15, -0.1) is 0 Å². The van der Waals surface area contributed by atoms with Gasteiger partial charge in [0.2, 0.25) is 0 Å². The Kier molecular flexibility index (Phi) is 2.70. The van der Waals surface area contributed by atoms with E-state index < -0.39 is 0 Å². The van der Waals surface area contributed by atoms with Crippen LogP contribution < -0.4 is 0 Å². The molecular weight excluding hydrogens is 196 g/mol. The summed E-state index contributed by atoms with van der Waals surface area (Å²) in [6.07, 6.45) is 0. The molecule has 0 aliphatic rings. The molecule has 0 N–H and O–H groups in total. The van der Waals surface area contributed by atoms with Gasteiger partial charge in [-0.2, -0.15) is 0 Å². The van der Waals surface area contributed by atoms with Gasteiger partial charge in [-0.3, -0.25) is 4.79 Å². The van der Waals surface area contributed by atoms with E-state index in [0.29, 0.717) is 6.47 Å². The average Bonchev–Trinajstić information content (AvgIpc) is 2.26. The summed E-state index contributed by atoms with van der Waals surface area (Å²) in [5, 5.41) is 2.24. The van der Waals surface area contributed by atoms with Crippen molar-refractivity contribution in [1.29, 1.82) is 0 Å². The number of hydrogen-bond acceptors (Lipinski definition) is 3. The summed E-state index contributed by atoms with van der Waals surface area (Å²) in [6, 6.07) is 13.9. The largest absolute Gasteiger partial charge is 0.388 e. The first kappa shape index (κ1) is 9.09. The molecule has 2 nitrogen and oxygen atoms in total. The minimum Gasteiger partial charge on any atom is -0.388 e. The maximum Gasteiger partial charge on any atom is 0.305 e. The van der Waals surface area contributed by atoms with Gasteiger partial charge in [0.15, 0.2) is 0 Å². The van der Waals surface area contributed by atoms with Crippen LogP contribution in [-0.4, -0.2) is 6.47 Å². The summed E-state index contributed by atoms with van der Waals surface area (Å²) in [5.74, 6) is 0. The highest BCUT2D eigenvalue weighted by atomic mass is 32.2. The average molecular weight is 204 g/mol. The number of benzene rings is 2. The van der Waals surface area contributed by atoms with Crippen LogP contribution in [0.4, 0.5) is 0 Å². The van der Waals surface area contributed by atoms with Crippen molar-refractivity contribution in [3.05, 3.63) is 42.5 Å². The van der Waals surface area contributed by atoms with E-state index in [1.807, 2.05) is 42.5 Å². The Morgan fingerprint density at radius 1 is 1.07 bits per heavy atom. The van der Waals surface area contributed by atoms with Crippen LogP contribution in [0.15, 0.2) is 47.4 Å². The van der Waals surface area contributed by atoms with Crippen molar-refractivity contribution < 1.29 is 8.98 Å². The third-order valence-electron chi connectivity index (χ3n) is 1.93. The lowest BCUT2D eigenvalue weighted by atomic mass is 10.1. The van der Waals surface area contributed by atoms with E-state index in [1.165, 1.54) is 0 Å². The molecule has 2 aromatic carbocycles. The van der Waals surface area contributed by atoms with Crippen molar-refractivity contribution >= 4 is 29.3 Å². The molecule has 0 fully saturated rings. The monoisotopic (exact) mass is 204 g/mol. The molecule has 3 heteroatoms. The van der Waals surface area contributed by atoms with E-state index in [2.05, 4.69) is 4.18 Å². The van der Waals surface area contributed by atoms with Crippen molar-refractivity contribution in [1.82, 2.24) is 0 Å². The van der Waals surface area contributed by atoms with Crippen LogP contribution in [0.1, 0.15) is 0 Å². The topological polar surface area (TPSA) is 26.3 Å². The van der Waals surface area contributed by atoms with E-state index in [9.17, 15) is 4.79 Å². The van der Waals surface area contributed by atoms with Crippen LogP contribution >= 0.6 is 12.0 Å². The van der Waals surface area contributed by atoms with E-state index in [0.717, 1.165) is 27.7 Å². The molecule has 0 bridgehead atoms. The minimum atomic E-state index is 0.437. The van der Waals surface area contributed by atoms with Crippen LogP contribution in [0.25, 0.3) is 10.8 Å². The normalized spacial score (nSPS) is 10.0. The zero-order valence-electron chi connectivity index (χ0n) is 7.34. The van der Waals surface area contributed by atoms with Crippen molar-refractivity contribution in [3.63, 3.8) is 0 Å². The summed E-state index contributed by atoms with van der Waals surface area (Å²) in [5.41, 5.74) is 0. The van der Waals surface area contributed by atoms with Crippen molar-refractivity contribution in [2.24, 2.45) is 0 Å². The van der Waals surface area contributed by atoms with Crippen molar-refractivity contribution in [2.75, 3.05) is 0 Å². The Hall–Kier alpha value is -1.48. The van der Waals surface area contributed by atoms with Gasteiger partial charge in [0, 0.05) is 0 Å². The lowest BCUT2D eigenvalue weighted by molar-refractivity contribution is -0.119. The van der Waals surface area contributed by atoms with Crippen LogP contribution in [0.3, 0.4) is 0 Å². The molecule has 0 spiro atoms. The molecule has 0 aliphatic heterocycles. The van der Waals surface area contributed by atoms with Crippen LogP contribution in [0.2, 0.25) is 0 Å². The Morgan fingerprint density at radius 2 is 1.86 bits per heavy atom. The highest BCUT2D eigenvalue weighted by Gasteiger charge is 2.00. The highest BCUT2D eigenvalue weighted by Crippen LogP contribution is 2.27. The number of rotatable bonds is 3. The number of carbonyl (C=O) groups is 1. The van der Waals surface area contributed by atoms with Crippen LogP contribution in [0.5, 0.6) is 0 Å². The molecule has 70 valence electrons. The van der Waals surface area contributed by atoms with E-state index in [-0.39, 0.29) is 0 Å². The molecule has 0 aliphatic carbocycles. The Balaban J connectivity index is 2.48. The third kappa shape index (κ3) is 1.72. The Labute approximate surface area is 86.1 Å². The van der Waals surface area contributed by atoms with Gasteiger partial charge in [-0.25, -0.2) is 0 Å². The number of carbonyl (C=O) groups excluding carboxylic acids is 1. The van der Waals surface area contributed by atoms with Crippen molar-refractivity contribution in [3.8, 4) is 0 Å². The van der Waals surface area contributed by atoms with Crippen molar-refractivity contribution in [2.45, 2.75) is 4.90 Å². The van der Waals surface area contributed by atoms with Gasteiger partial charge in [0.25, 0.3) is 0 Å². The molecule has 2 rings (SSSR count). The SMILES string of the molecule is O=COSc1cccc2ccccc12. The molecule has 0 atom stereocenters. The quantitative estimate of drug-likeness (QED) is 0.568. The fraction of sp³-hybridized carbons (Fsp3) is 0. The summed E-state index contributed by atoms with van der Waals surface area (Å²) in [4.78, 5) is 11.0. The van der Waals surface area contributed by atoms with E-state index >= 15 is 0 Å².